The maximum Gasteiger partial charge on any atom is 0.294 e. The fraction of sp³-hybridized carbons (Fsp3) is 0.333. The van der Waals surface area contributed by atoms with Gasteiger partial charge in [0.05, 0.1) is 44.6 Å². The first kappa shape index (κ1) is 64.4. The van der Waals surface area contributed by atoms with Crippen molar-refractivity contribution in [3.05, 3.63) is 233 Å². The van der Waals surface area contributed by atoms with Crippen molar-refractivity contribution in [1.29, 1.82) is 0 Å². The molecule has 2 aliphatic rings. The lowest BCUT2D eigenvalue weighted by Gasteiger charge is -2.25. The van der Waals surface area contributed by atoms with Gasteiger partial charge in [-0.3, -0.25) is 43.6 Å². The fourth-order valence-corrected chi connectivity index (χ4v) is 12.8. The molecule has 0 fully saturated rings. The first-order chi connectivity index (χ1) is 42.3. The Labute approximate surface area is 518 Å². The number of rotatable bonds is 30. The van der Waals surface area contributed by atoms with Gasteiger partial charge in [-0.05, 0) is 160 Å². The number of allylic oxidation sites excluding steroid dienone is 6. The predicted molar refractivity (Wildman–Crippen MR) is 343 cm³/mol. The SMILES string of the molecule is CCN1C(=CC=CC=CC2=[N+](CCCCCC(=O)NCCCCOc3cc(CN(Cc4ccccn4)Cc4ccccn4)cc(CN(Cc4ccccn4)Cc4ccccn4)c3)c3ccc(S(=O)(=O)O)cc3C2(C)C)C(C)(C)c2cc(S(=O)(=O)O)ccc21. The third kappa shape index (κ3) is 17.0. The van der Waals surface area contributed by atoms with Crippen molar-refractivity contribution in [2.24, 2.45) is 0 Å². The van der Waals surface area contributed by atoms with Gasteiger partial charge in [-0.25, -0.2) is 0 Å². The highest BCUT2D eigenvalue weighted by Gasteiger charge is 2.45. The van der Waals surface area contributed by atoms with Crippen molar-refractivity contribution >= 4 is 43.2 Å². The Kier molecular flexibility index (Phi) is 21.5. The summed E-state index contributed by atoms with van der Waals surface area (Å²) in [6, 6.07) is 39.9. The first-order valence-corrected chi connectivity index (χ1v) is 32.9. The number of nitrogens with one attached hydrogen (secondary N) is 1. The quantitative estimate of drug-likeness (QED) is 0.0165. The van der Waals surface area contributed by atoms with Gasteiger partial charge in [0, 0.05) is 124 Å². The lowest BCUT2D eigenvalue weighted by Crippen LogP contribution is -2.28. The van der Waals surface area contributed by atoms with Crippen LogP contribution in [0.15, 0.2) is 198 Å². The number of nitrogens with zero attached hydrogens (tertiary/aromatic N) is 8. The van der Waals surface area contributed by atoms with Crippen molar-refractivity contribution in [3.8, 4) is 5.75 Å². The van der Waals surface area contributed by atoms with Gasteiger partial charge in [0.25, 0.3) is 20.2 Å². The van der Waals surface area contributed by atoms with Crippen LogP contribution in [-0.2, 0) is 75.1 Å². The summed E-state index contributed by atoms with van der Waals surface area (Å²) in [5, 5.41) is 3.11. The van der Waals surface area contributed by atoms with Crippen molar-refractivity contribution in [1.82, 2.24) is 35.1 Å². The minimum Gasteiger partial charge on any atom is -0.494 e. The van der Waals surface area contributed by atoms with E-state index in [-0.39, 0.29) is 15.7 Å². The number of hydrogen-bond acceptors (Lipinski definition) is 13. The van der Waals surface area contributed by atoms with E-state index in [1.54, 1.807) is 24.3 Å². The van der Waals surface area contributed by atoms with Crippen LogP contribution in [0.2, 0.25) is 0 Å². The van der Waals surface area contributed by atoms with E-state index >= 15 is 0 Å². The zero-order chi connectivity index (χ0) is 62.3. The van der Waals surface area contributed by atoms with Crippen LogP contribution in [0, 0.1) is 0 Å². The van der Waals surface area contributed by atoms with Gasteiger partial charge in [0.15, 0.2) is 5.71 Å². The van der Waals surface area contributed by atoms with E-state index in [2.05, 4.69) is 62.7 Å². The Balaban J connectivity index is 0.806. The van der Waals surface area contributed by atoms with E-state index in [0.717, 1.165) is 99.2 Å². The van der Waals surface area contributed by atoms with Crippen molar-refractivity contribution < 1.29 is 40.0 Å². The summed E-state index contributed by atoms with van der Waals surface area (Å²) in [6.07, 6.45) is 21.3. The van der Waals surface area contributed by atoms with E-state index in [1.807, 2.05) is 163 Å². The molecule has 0 radical (unpaired) electrons. The third-order valence-corrected chi connectivity index (χ3v) is 17.8. The van der Waals surface area contributed by atoms with Crippen LogP contribution in [0.3, 0.4) is 0 Å². The van der Waals surface area contributed by atoms with Gasteiger partial charge in [-0.2, -0.15) is 21.4 Å². The zero-order valence-corrected chi connectivity index (χ0v) is 52.5. The molecule has 2 aliphatic heterocycles. The van der Waals surface area contributed by atoms with Crippen molar-refractivity contribution in [2.75, 3.05) is 31.1 Å². The maximum atomic E-state index is 13.2. The number of benzene rings is 3. The Morgan fingerprint density at radius 1 is 0.602 bits per heavy atom. The monoisotopic (exact) mass is 1230 g/mol. The third-order valence-electron chi connectivity index (χ3n) is 16.1. The number of ether oxygens (including phenoxy) is 1. The number of likely N-dealkylation sites (N-methyl/N-ethyl adjacent to an activating group) is 1. The average Bonchev–Trinajstić information content (AvgIpc) is 1.69. The van der Waals surface area contributed by atoms with Gasteiger partial charge < -0.3 is 15.0 Å². The minimum atomic E-state index is -4.45. The second-order valence-electron chi connectivity index (χ2n) is 23.4. The molecule has 3 N–H and O–H groups in total. The summed E-state index contributed by atoms with van der Waals surface area (Å²) in [7, 11) is -8.82. The Hall–Kier alpha value is -8.04. The molecule has 0 atom stereocenters. The molecule has 460 valence electrons. The van der Waals surface area contributed by atoms with Gasteiger partial charge in [-0.1, -0.05) is 62.4 Å². The smallest absolute Gasteiger partial charge is 0.294 e. The van der Waals surface area contributed by atoms with Gasteiger partial charge in [0.1, 0.15) is 12.3 Å². The molecule has 9 rings (SSSR count). The van der Waals surface area contributed by atoms with Crippen LogP contribution < -0.4 is 15.0 Å². The van der Waals surface area contributed by atoms with Crippen LogP contribution in [0.1, 0.15) is 118 Å². The van der Waals surface area contributed by atoms with E-state index in [0.29, 0.717) is 78.4 Å². The molecule has 19 heteroatoms. The van der Waals surface area contributed by atoms with Gasteiger partial charge >= 0.3 is 0 Å². The second-order valence-corrected chi connectivity index (χ2v) is 26.3. The summed E-state index contributed by atoms with van der Waals surface area (Å²) in [5.41, 5.74) is 10.1. The van der Waals surface area contributed by atoms with Crippen LogP contribution >= 0.6 is 0 Å². The molecule has 0 bridgehead atoms. The number of carbonyl (C=O) groups excluding carboxylic acids is 1. The molecule has 1 amide bonds. The predicted octanol–water partition coefficient (Wildman–Crippen LogP) is 11.9. The highest BCUT2D eigenvalue weighted by molar-refractivity contribution is 7.86. The molecule has 88 heavy (non-hydrogen) atoms. The largest absolute Gasteiger partial charge is 0.494 e. The Bertz CT molecular complexity index is 3690. The summed E-state index contributed by atoms with van der Waals surface area (Å²) in [6.45, 7) is 16.2. The molecule has 4 aromatic heterocycles. The number of hydrogen-bond donors (Lipinski definition) is 3. The molecule has 3 aromatic carbocycles. The summed E-state index contributed by atoms with van der Waals surface area (Å²) in [4.78, 5) is 38.3. The number of amides is 1. The van der Waals surface area contributed by atoms with E-state index in [9.17, 15) is 30.7 Å². The van der Waals surface area contributed by atoms with E-state index in [4.69, 9.17) is 4.74 Å². The first-order valence-electron chi connectivity index (χ1n) is 30.0. The lowest BCUT2D eigenvalue weighted by molar-refractivity contribution is -0.438. The molecular weight excluding hydrogens is 1150 g/mol. The summed E-state index contributed by atoms with van der Waals surface area (Å²) >= 11 is 0. The minimum absolute atomic E-state index is 0.00250. The number of fused-ring (bicyclic) bond motifs is 2. The van der Waals surface area contributed by atoms with E-state index in [1.165, 1.54) is 12.1 Å². The number of unbranched alkanes of at least 4 members (excludes halogenated alkanes) is 3. The summed E-state index contributed by atoms with van der Waals surface area (Å²) in [5.74, 6) is 0.776. The highest BCUT2D eigenvalue weighted by Crippen LogP contribution is 2.48. The fourth-order valence-electron chi connectivity index (χ4n) is 11.8. The molecule has 0 saturated carbocycles. The molecule has 6 heterocycles. The molecular formula is C69H80N9O8S2+. The topological polar surface area (TPSA) is 211 Å². The zero-order valence-electron chi connectivity index (χ0n) is 50.9. The molecule has 0 aliphatic carbocycles. The average molecular weight is 1230 g/mol. The highest BCUT2D eigenvalue weighted by atomic mass is 32.2. The molecule has 0 spiro atoms. The Morgan fingerprint density at radius 3 is 1.65 bits per heavy atom. The molecule has 0 unspecified atom stereocenters. The molecule has 0 saturated heterocycles. The number of pyridine rings is 4. The number of anilines is 1. The van der Waals surface area contributed by atoms with E-state index < -0.39 is 31.1 Å². The van der Waals surface area contributed by atoms with Crippen molar-refractivity contribution in [2.45, 2.75) is 133 Å². The van der Waals surface area contributed by atoms with Crippen LogP contribution in [0.4, 0.5) is 11.4 Å². The molecule has 7 aromatic rings. The number of carbonyl (C=O) groups is 1. The summed E-state index contributed by atoms with van der Waals surface area (Å²) < 4.78 is 77.2. The molecule has 17 nitrogen and oxygen atoms in total. The van der Waals surface area contributed by atoms with Crippen LogP contribution in [0.25, 0.3) is 0 Å². The number of aromatic nitrogens is 4. The van der Waals surface area contributed by atoms with Gasteiger partial charge in [0.2, 0.25) is 11.6 Å². The van der Waals surface area contributed by atoms with Crippen LogP contribution in [-0.4, -0.2) is 98.1 Å². The van der Waals surface area contributed by atoms with Crippen LogP contribution in [0.5, 0.6) is 5.75 Å². The standard InChI is InChI=1S/C69H79N9O8S2/c1-6-77-63-32-30-59(87(80,81)82)44-61(63)68(2,3)65(77)27-9-7-10-28-66-69(4,5)62-45-60(88(83,84)85)31-33-64(62)78(66)39-21-8-11-29-67(79)74-38-20-22-40-86-58-42-52(46-75(48-54-23-12-16-34-70-54)49-55-24-13-17-35-71-55)41-53(43-58)47-76(50-56-25-14-18-36-72-56)51-57-26-15-19-37-73-57/h7,9-10,12-19,23-28,30-37,41-45H,6,8,11,20-22,29,38-40,46-51H2,1-5H3,(H2-,74,79,80,81,82,83,84,85)/p+1. The van der Waals surface area contributed by atoms with Crippen molar-refractivity contribution in [3.63, 3.8) is 0 Å². The maximum absolute atomic E-state index is 13.2. The Morgan fingerprint density at radius 2 is 1.14 bits per heavy atom. The lowest BCUT2D eigenvalue weighted by atomic mass is 9.81. The second kappa shape index (κ2) is 29.3. The normalized spacial score (nSPS) is 15.1. The van der Waals surface area contributed by atoms with Gasteiger partial charge in [-0.15, -0.1) is 0 Å².